The largest absolute Gasteiger partial charge is 0.458 e. The van der Waals surface area contributed by atoms with E-state index in [-0.39, 0.29) is 37.0 Å². The molecule has 0 aliphatic carbocycles. The first kappa shape index (κ1) is 31.8. The van der Waals surface area contributed by atoms with Gasteiger partial charge in [-0.3, -0.25) is 9.59 Å². The second kappa shape index (κ2) is 16.5. The van der Waals surface area contributed by atoms with E-state index in [9.17, 15) is 19.2 Å². The molecule has 2 unspecified atom stereocenters. The molecule has 0 radical (unpaired) electrons. The van der Waals surface area contributed by atoms with E-state index in [1.54, 1.807) is 39.0 Å². The van der Waals surface area contributed by atoms with Crippen LogP contribution in [0.1, 0.15) is 52.5 Å². The van der Waals surface area contributed by atoms with Gasteiger partial charge in [-0.2, -0.15) is 0 Å². The number of nitrogens with one attached hydrogen (secondary N) is 2. The molecule has 2 amide bonds. The summed E-state index contributed by atoms with van der Waals surface area (Å²) in [5.74, 6) is -1.41. The number of allylic oxidation sites excluding steroid dienone is 4. The first-order valence-corrected chi connectivity index (χ1v) is 13.1. The zero-order valence-electron chi connectivity index (χ0n) is 21.9. The van der Waals surface area contributed by atoms with Crippen molar-refractivity contribution in [1.29, 1.82) is 0 Å². The topological polar surface area (TPSA) is 111 Å². The van der Waals surface area contributed by atoms with E-state index in [1.807, 2.05) is 43.3 Å². The van der Waals surface area contributed by atoms with Gasteiger partial charge >= 0.3 is 12.1 Å². The monoisotopic (exact) mass is 576 g/mol. The lowest BCUT2D eigenvalue weighted by Gasteiger charge is -2.26. The van der Waals surface area contributed by atoms with Crippen LogP contribution in [0.15, 0.2) is 66.8 Å². The van der Waals surface area contributed by atoms with Crippen molar-refractivity contribution < 1.29 is 28.7 Å². The molecule has 9 heteroatoms. The summed E-state index contributed by atoms with van der Waals surface area (Å²) in [7, 11) is 0. The number of alkyl halides is 1. The molecule has 37 heavy (non-hydrogen) atoms. The number of amides is 2. The predicted molar refractivity (Wildman–Crippen MR) is 147 cm³/mol. The quantitative estimate of drug-likeness (QED) is 0.184. The summed E-state index contributed by atoms with van der Waals surface area (Å²) in [6.45, 7) is 11.0. The van der Waals surface area contributed by atoms with E-state index in [1.165, 1.54) is 0 Å². The third kappa shape index (κ3) is 14.2. The smallest absolute Gasteiger partial charge is 0.408 e. The number of rotatable bonds is 14. The van der Waals surface area contributed by atoms with Crippen LogP contribution in [0.25, 0.3) is 0 Å². The van der Waals surface area contributed by atoms with Crippen LogP contribution in [0, 0.1) is 0 Å². The number of hydrogen-bond acceptors (Lipinski definition) is 6. The molecular weight excluding hydrogens is 540 g/mol. The van der Waals surface area contributed by atoms with Gasteiger partial charge in [-0.05, 0) is 39.7 Å². The van der Waals surface area contributed by atoms with E-state index < -0.39 is 35.7 Å². The van der Waals surface area contributed by atoms with Crippen LogP contribution in [0.2, 0.25) is 0 Å². The summed E-state index contributed by atoms with van der Waals surface area (Å²) in [4.78, 5) is 50.4. The van der Waals surface area contributed by atoms with E-state index in [0.29, 0.717) is 5.57 Å². The second-order valence-corrected chi connectivity index (χ2v) is 9.87. The van der Waals surface area contributed by atoms with Crippen LogP contribution in [-0.4, -0.2) is 46.8 Å². The van der Waals surface area contributed by atoms with Gasteiger partial charge in [0.2, 0.25) is 5.91 Å². The summed E-state index contributed by atoms with van der Waals surface area (Å²) in [5, 5.41) is 5.34. The number of Topliss-reactive ketones (excluding diaryl/α,β-unsaturated/α-hetero) is 1. The molecular formula is C28H37BrN2O6. The van der Waals surface area contributed by atoms with Gasteiger partial charge in [-0.1, -0.05) is 82.7 Å². The molecule has 1 aromatic rings. The molecule has 0 saturated heterocycles. The van der Waals surface area contributed by atoms with Gasteiger partial charge in [0.1, 0.15) is 30.1 Å². The Balaban J connectivity index is 3.02. The Morgan fingerprint density at radius 1 is 1.05 bits per heavy atom. The van der Waals surface area contributed by atoms with Gasteiger partial charge in [-0.15, -0.1) is 0 Å². The lowest BCUT2D eigenvalue weighted by molar-refractivity contribution is -0.159. The van der Waals surface area contributed by atoms with E-state index in [4.69, 9.17) is 9.47 Å². The molecule has 202 valence electrons. The van der Waals surface area contributed by atoms with Crippen molar-refractivity contribution in [3.05, 3.63) is 72.4 Å². The maximum Gasteiger partial charge on any atom is 0.408 e. The molecule has 2 N–H and O–H groups in total. The number of carbonyl (C=O) groups is 4. The molecule has 0 heterocycles. The van der Waals surface area contributed by atoms with Gasteiger partial charge in [0.15, 0.2) is 0 Å². The number of ether oxygens (including phenoxy) is 2. The average Bonchev–Trinajstić information content (AvgIpc) is 2.84. The Hall–Kier alpha value is -3.20. The van der Waals surface area contributed by atoms with Crippen molar-refractivity contribution in [1.82, 2.24) is 10.6 Å². The van der Waals surface area contributed by atoms with Gasteiger partial charge in [0.05, 0.1) is 5.33 Å². The number of carbonyl (C=O) groups excluding carboxylic acids is 4. The fourth-order valence-corrected chi connectivity index (χ4v) is 3.30. The lowest BCUT2D eigenvalue weighted by Crippen LogP contribution is -2.52. The second-order valence-electron chi connectivity index (χ2n) is 9.31. The highest BCUT2D eigenvalue weighted by Crippen LogP contribution is 2.13. The maximum absolute atomic E-state index is 13.3. The molecule has 0 bridgehead atoms. The summed E-state index contributed by atoms with van der Waals surface area (Å²) in [6, 6.07) is 6.96. The molecule has 8 nitrogen and oxygen atoms in total. The SMILES string of the molecule is C=C(/C=C\C=C/C)CC(NC(=O)OCc1ccccc1)C(=O)NC(CCC(=O)CBr)C(=O)OC(C)(C)C. The molecule has 0 aliphatic rings. The fourth-order valence-electron chi connectivity index (χ4n) is 3.02. The van der Waals surface area contributed by atoms with E-state index >= 15 is 0 Å². The van der Waals surface area contributed by atoms with Crippen LogP contribution >= 0.6 is 15.9 Å². The summed E-state index contributed by atoms with van der Waals surface area (Å²) >= 11 is 3.10. The third-order valence-electron chi connectivity index (χ3n) is 4.79. The van der Waals surface area contributed by atoms with Gasteiger partial charge in [-0.25, -0.2) is 9.59 Å². The average molecular weight is 578 g/mol. The minimum atomic E-state index is -1.08. The molecule has 1 aromatic carbocycles. The molecule has 0 aromatic heterocycles. The molecule has 1 rings (SSSR count). The van der Waals surface area contributed by atoms with Crippen LogP contribution in [0.5, 0.6) is 0 Å². The highest BCUT2D eigenvalue weighted by Gasteiger charge is 2.30. The summed E-state index contributed by atoms with van der Waals surface area (Å²) in [5.41, 5.74) is 0.577. The summed E-state index contributed by atoms with van der Waals surface area (Å²) in [6.07, 6.45) is 6.52. The van der Waals surface area contributed by atoms with Gasteiger partial charge in [0.25, 0.3) is 0 Å². The minimum Gasteiger partial charge on any atom is -0.458 e. The normalized spacial score (nSPS) is 13.1. The number of ketones is 1. The van der Waals surface area contributed by atoms with E-state index in [0.717, 1.165) is 5.56 Å². The zero-order chi connectivity index (χ0) is 27.8. The van der Waals surface area contributed by atoms with Crippen LogP contribution in [-0.2, 0) is 30.5 Å². The Kier molecular flexibility index (Phi) is 14.2. The first-order chi connectivity index (χ1) is 17.4. The first-order valence-electron chi connectivity index (χ1n) is 12.0. The Morgan fingerprint density at radius 2 is 1.73 bits per heavy atom. The van der Waals surface area contributed by atoms with Crippen LogP contribution in [0.3, 0.4) is 0 Å². The van der Waals surface area contributed by atoms with Crippen molar-refractivity contribution in [2.75, 3.05) is 5.33 Å². The lowest BCUT2D eigenvalue weighted by atomic mass is 10.0. The Labute approximate surface area is 227 Å². The number of alkyl carbamates (subject to hydrolysis) is 1. The fraction of sp³-hybridized carbons (Fsp3) is 0.429. The standard InChI is InChI=1S/C28H37BrN2O6/c1-6-7-9-12-20(2)17-24(31-27(35)36-19-21-13-10-8-11-14-21)25(33)30-23(16-15-22(32)18-29)26(34)37-28(3,4)5/h6-14,23-24H,2,15-19H2,1,3-5H3,(H,30,33)(H,31,35)/b7-6-,12-9-. The number of esters is 1. The summed E-state index contributed by atoms with van der Waals surface area (Å²) < 4.78 is 10.7. The highest BCUT2D eigenvalue weighted by atomic mass is 79.9. The molecule has 0 aliphatic heterocycles. The predicted octanol–water partition coefficient (Wildman–Crippen LogP) is 4.93. The number of benzene rings is 1. The molecule has 0 spiro atoms. The van der Waals surface area contributed by atoms with Crippen molar-refractivity contribution in [3.8, 4) is 0 Å². The van der Waals surface area contributed by atoms with Gasteiger partial charge < -0.3 is 20.1 Å². The van der Waals surface area contributed by atoms with Crippen molar-refractivity contribution in [3.63, 3.8) is 0 Å². The molecule has 0 saturated carbocycles. The maximum atomic E-state index is 13.3. The molecule has 2 atom stereocenters. The van der Waals surface area contributed by atoms with Crippen molar-refractivity contribution >= 4 is 39.7 Å². The highest BCUT2D eigenvalue weighted by molar-refractivity contribution is 9.09. The Bertz CT molecular complexity index is 982. The van der Waals surface area contributed by atoms with Crippen LogP contribution in [0.4, 0.5) is 4.79 Å². The van der Waals surface area contributed by atoms with Gasteiger partial charge in [0, 0.05) is 12.8 Å². The van der Waals surface area contributed by atoms with Crippen molar-refractivity contribution in [2.45, 2.75) is 71.2 Å². The number of halogens is 1. The van der Waals surface area contributed by atoms with E-state index in [2.05, 4.69) is 33.1 Å². The van der Waals surface area contributed by atoms with Crippen molar-refractivity contribution in [2.24, 2.45) is 0 Å². The zero-order valence-corrected chi connectivity index (χ0v) is 23.5. The third-order valence-corrected chi connectivity index (χ3v) is 5.42. The minimum absolute atomic E-state index is 0.0261. The van der Waals surface area contributed by atoms with Crippen LogP contribution < -0.4 is 10.6 Å². The Morgan fingerprint density at radius 3 is 2.32 bits per heavy atom. The number of hydrogen-bond donors (Lipinski definition) is 2. The molecule has 0 fully saturated rings.